The van der Waals surface area contributed by atoms with Crippen LogP contribution in [0.4, 0.5) is 5.00 Å². The van der Waals surface area contributed by atoms with E-state index >= 15 is 0 Å². The van der Waals surface area contributed by atoms with E-state index < -0.39 is 0 Å². The molecule has 14 heavy (non-hydrogen) atoms. The van der Waals surface area contributed by atoms with E-state index in [0.717, 1.165) is 19.1 Å². The number of anilines is 1. The molecular weight excluding hydrogens is 260 g/mol. The van der Waals surface area contributed by atoms with Crippen molar-refractivity contribution in [3.63, 3.8) is 0 Å². The standard InChI is InChI=1S/C10H15BrN2S/c1-13(7-6-12-8-2-3-8)10-5-4-9(11)14-10/h4-5,8,12H,2-3,6-7H2,1H3. The zero-order valence-corrected chi connectivity index (χ0v) is 10.7. The number of halogens is 1. The Balaban J connectivity index is 1.73. The van der Waals surface area contributed by atoms with Gasteiger partial charge in [-0.1, -0.05) is 0 Å². The molecule has 1 aromatic rings. The molecule has 1 aliphatic rings. The number of rotatable bonds is 5. The molecule has 4 heteroatoms. The zero-order valence-electron chi connectivity index (χ0n) is 8.29. The van der Waals surface area contributed by atoms with Gasteiger partial charge in [-0.3, -0.25) is 0 Å². The van der Waals surface area contributed by atoms with Crippen LogP contribution < -0.4 is 10.2 Å². The smallest absolute Gasteiger partial charge is 0.0918 e. The monoisotopic (exact) mass is 274 g/mol. The summed E-state index contributed by atoms with van der Waals surface area (Å²) in [7, 11) is 2.15. The van der Waals surface area contributed by atoms with E-state index in [0.29, 0.717) is 0 Å². The number of likely N-dealkylation sites (N-methyl/N-ethyl adjacent to an activating group) is 1. The molecule has 0 atom stereocenters. The lowest BCUT2D eigenvalue weighted by Crippen LogP contribution is -2.29. The first-order chi connectivity index (χ1) is 6.75. The van der Waals surface area contributed by atoms with Crippen LogP contribution in [-0.4, -0.2) is 26.2 Å². The molecule has 0 aliphatic heterocycles. The quantitative estimate of drug-likeness (QED) is 0.888. The predicted molar refractivity (Wildman–Crippen MR) is 66.3 cm³/mol. The third-order valence-corrected chi connectivity index (χ3v) is 4.13. The van der Waals surface area contributed by atoms with Crippen LogP contribution in [-0.2, 0) is 0 Å². The third kappa shape index (κ3) is 2.97. The van der Waals surface area contributed by atoms with Crippen LogP contribution in [0.5, 0.6) is 0 Å². The molecule has 0 bridgehead atoms. The molecule has 0 radical (unpaired) electrons. The van der Waals surface area contributed by atoms with Gasteiger partial charge in [0.25, 0.3) is 0 Å². The van der Waals surface area contributed by atoms with Gasteiger partial charge in [0.1, 0.15) is 0 Å². The van der Waals surface area contributed by atoms with E-state index in [1.165, 1.54) is 21.6 Å². The SMILES string of the molecule is CN(CCNC1CC1)c1ccc(Br)s1. The highest BCUT2D eigenvalue weighted by Gasteiger charge is 2.19. The number of thiophene rings is 1. The second-order valence-corrected chi connectivity index (χ2v) is 6.17. The minimum Gasteiger partial charge on any atom is -0.365 e. The Morgan fingerprint density at radius 1 is 1.57 bits per heavy atom. The normalized spacial score (nSPS) is 15.9. The number of hydrogen-bond donors (Lipinski definition) is 1. The van der Waals surface area contributed by atoms with Crippen LogP contribution in [0.15, 0.2) is 15.9 Å². The first kappa shape index (κ1) is 10.5. The van der Waals surface area contributed by atoms with Crippen molar-refractivity contribution in [3.8, 4) is 0 Å². The average molecular weight is 275 g/mol. The molecule has 0 aromatic carbocycles. The molecule has 1 saturated carbocycles. The van der Waals surface area contributed by atoms with Crippen molar-refractivity contribution < 1.29 is 0 Å². The van der Waals surface area contributed by atoms with Gasteiger partial charge in [0.05, 0.1) is 8.79 Å². The topological polar surface area (TPSA) is 15.3 Å². The van der Waals surface area contributed by atoms with Gasteiger partial charge in [-0.05, 0) is 40.9 Å². The fraction of sp³-hybridized carbons (Fsp3) is 0.600. The summed E-state index contributed by atoms with van der Waals surface area (Å²) in [5.74, 6) is 0. The van der Waals surface area contributed by atoms with Gasteiger partial charge in [0.15, 0.2) is 0 Å². The molecule has 1 heterocycles. The van der Waals surface area contributed by atoms with Gasteiger partial charge in [-0.25, -0.2) is 0 Å². The summed E-state index contributed by atoms with van der Waals surface area (Å²) in [4.78, 5) is 2.30. The fourth-order valence-electron chi connectivity index (χ4n) is 1.34. The van der Waals surface area contributed by atoms with Crippen LogP contribution in [0.3, 0.4) is 0 Å². The van der Waals surface area contributed by atoms with E-state index in [1.54, 1.807) is 11.3 Å². The van der Waals surface area contributed by atoms with Crippen LogP contribution >= 0.6 is 27.3 Å². The molecule has 1 aliphatic carbocycles. The van der Waals surface area contributed by atoms with Crippen molar-refractivity contribution in [1.82, 2.24) is 5.32 Å². The Bertz CT molecular complexity index is 296. The maximum absolute atomic E-state index is 3.52. The summed E-state index contributed by atoms with van der Waals surface area (Å²) in [5, 5.41) is 4.84. The van der Waals surface area contributed by atoms with Crippen molar-refractivity contribution in [2.75, 3.05) is 25.0 Å². The minimum atomic E-state index is 0.818. The molecule has 0 unspecified atom stereocenters. The molecule has 1 N–H and O–H groups in total. The van der Waals surface area contributed by atoms with Gasteiger partial charge in [0.2, 0.25) is 0 Å². The average Bonchev–Trinajstić information content (AvgIpc) is 2.87. The highest BCUT2D eigenvalue weighted by molar-refractivity contribution is 9.11. The van der Waals surface area contributed by atoms with E-state index in [-0.39, 0.29) is 0 Å². The Morgan fingerprint density at radius 2 is 2.36 bits per heavy atom. The van der Waals surface area contributed by atoms with E-state index in [4.69, 9.17) is 0 Å². The first-order valence-electron chi connectivity index (χ1n) is 4.95. The van der Waals surface area contributed by atoms with Crippen LogP contribution in [0, 0.1) is 0 Å². The molecular formula is C10H15BrN2S. The van der Waals surface area contributed by atoms with E-state index in [9.17, 15) is 0 Å². The Morgan fingerprint density at radius 3 is 2.93 bits per heavy atom. The highest BCUT2D eigenvalue weighted by atomic mass is 79.9. The molecule has 2 rings (SSSR count). The number of nitrogens with zero attached hydrogens (tertiary/aromatic N) is 1. The first-order valence-corrected chi connectivity index (χ1v) is 6.56. The summed E-state index contributed by atoms with van der Waals surface area (Å²) in [6, 6.07) is 5.08. The summed E-state index contributed by atoms with van der Waals surface area (Å²) in [5.41, 5.74) is 0. The largest absolute Gasteiger partial charge is 0.365 e. The molecule has 1 aromatic heterocycles. The lowest BCUT2D eigenvalue weighted by atomic mass is 10.5. The molecule has 0 amide bonds. The minimum absolute atomic E-state index is 0.818. The van der Waals surface area contributed by atoms with Crippen LogP contribution in [0.1, 0.15) is 12.8 Å². The predicted octanol–water partition coefficient (Wildman–Crippen LogP) is 2.70. The number of hydrogen-bond acceptors (Lipinski definition) is 3. The van der Waals surface area contributed by atoms with Crippen molar-refractivity contribution in [2.24, 2.45) is 0 Å². The molecule has 1 fully saturated rings. The maximum atomic E-state index is 3.52. The van der Waals surface area contributed by atoms with Crippen LogP contribution in [0.25, 0.3) is 0 Å². The van der Waals surface area contributed by atoms with Crippen LogP contribution in [0.2, 0.25) is 0 Å². The Kier molecular flexibility index (Phi) is 3.47. The van der Waals surface area contributed by atoms with Gasteiger partial charge < -0.3 is 10.2 Å². The highest BCUT2D eigenvalue weighted by Crippen LogP contribution is 2.28. The third-order valence-electron chi connectivity index (χ3n) is 2.39. The van der Waals surface area contributed by atoms with Crippen molar-refractivity contribution in [1.29, 1.82) is 0 Å². The molecule has 78 valence electrons. The lowest BCUT2D eigenvalue weighted by molar-refractivity contribution is 0.676. The summed E-state index contributed by atoms with van der Waals surface area (Å²) < 4.78 is 1.20. The molecule has 2 nitrogen and oxygen atoms in total. The van der Waals surface area contributed by atoms with E-state index in [2.05, 4.69) is 45.3 Å². The Labute approximate surface area is 97.4 Å². The molecule has 0 spiro atoms. The summed E-state index contributed by atoms with van der Waals surface area (Å²) in [6.45, 7) is 2.18. The number of nitrogens with one attached hydrogen (secondary N) is 1. The summed E-state index contributed by atoms with van der Waals surface area (Å²) in [6.07, 6.45) is 2.74. The van der Waals surface area contributed by atoms with Gasteiger partial charge in [-0.15, -0.1) is 11.3 Å². The zero-order chi connectivity index (χ0) is 9.97. The fourth-order valence-corrected chi connectivity index (χ4v) is 2.69. The lowest BCUT2D eigenvalue weighted by Gasteiger charge is -2.16. The van der Waals surface area contributed by atoms with Crippen molar-refractivity contribution >= 4 is 32.3 Å². The molecule has 0 saturated heterocycles. The van der Waals surface area contributed by atoms with E-state index in [1.807, 2.05) is 0 Å². The van der Waals surface area contributed by atoms with Gasteiger partial charge >= 0.3 is 0 Å². The second-order valence-electron chi connectivity index (χ2n) is 3.73. The van der Waals surface area contributed by atoms with Gasteiger partial charge in [-0.2, -0.15) is 0 Å². The van der Waals surface area contributed by atoms with Crippen molar-refractivity contribution in [3.05, 3.63) is 15.9 Å². The van der Waals surface area contributed by atoms with Crippen molar-refractivity contribution in [2.45, 2.75) is 18.9 Å². The van der Waals surface area contributed by atoms with Gasteiger partial charge in [0, 0.05) is 26.2 Å². The Hall–Kier alpha value is -0.0600. The second kappa shape index (κ2) is 4.64. The maximum Gasteiger partial charge on any atom is 0.0918 e. The summed E-state index contributed by atoms with van der Waals surface area (Å²) >= 11 is 5.26.